The fourth-order valence-corrected chi connectivity index (χ4v) is 2.94. The zero-order chi connectivity index (χ0) is 15.2. The molecule has 1 amide bonds. The maximum absolute atomic E-state index is 12.6. The highest BCUT2D eigenvalue weighted by Gasteiger charge is 2.28. The first-order valence-corrected chi connectivity index (χ1v) is 8.23. The molecule has 116 valence electrons. The summed E-state index contributed by atoms with van der Waals surface area (Å²) in [6.45, 7) is 6.76. The highest BCUT2D eigenvalue weighted by Crippen LogP contribution is 2.25. The lowest BCUT2D eigenvalue weighted by Gasteiger charge is -2.17. The lowest BCUT2D eigenvalue weighted by atomic mass is 10.0. The van der Waals surface area contributed by atoms with Crippen LogP contribution in [-0.4, -0.2) is 35.4 Å². The van der Waals surface area contributed by atoms with Crippen LogP contribution in [0.5, 0.6) is 0 Å². The highest BCUT2D eigenvalue weighted by molar-refractivity contribution is 6.33. The SMILES string of the molecule is CCCNc1ccc(Cl)c(C(=O)N2CCC(CCC)C2)n1. The summed E-state index contributed by atoms with van der Waals surface area (Å²) in [6.07, 6.45) is 4.45. The summed E-state index contributed by atoms with van der Waals surface area (Å²) in [5.41, 5.74) is 0.370. The van der Waals surface area contributed by atoms with E-state index in [1.165, 1.54) is 12.8 Å². The number of hydrogen-bond acceptors (Lipinski definition) is 3. The number of pyridine rings is 1. The van der Waals surface area contributed by atoms with Crippen LogP contribution in [0.25, 0.3) is 0 Å². The van der Waals surface area contributed by atoms with Gasteiger partial charge in [-0.15, -0.1) is 0 Å². The van der Waals surface area contributed by atoms with Crippen molar-refractivity contribution >= 4 is 23.3 Å². The van der Waals surface area contributed by atoms with Gasteiger partial charge in [-0.2, -0.15) is 0 Å². The minimum atomic E-state index is -0.0428. The number of likely N-dealkylation sites (tertiary alicyclic amines) is 1. The molecular weight excluding hydrogens is 286 g/mol. The molecule has 2 rings (SSSR count). The summed E-state index contributed by atoms with van der Waals surface area (Å²) in [4.78, 5) is 18.9. The van der Waals surface area contributed by atoms with Crippen molar-refractivity contribution in [2.75, 3.05) is 25.0 Å². The quantitative estimate of drug-likeness (QED) is 0.869. The Morgan fingerprint density at radius 1 is 1.43 bits per heavy atom. The molecule has 1 saturated heterocycles. The number of rotatable bonds is 6. The van der Waals surface area contributed by atoms with Crippen molar-refractivity contribution in [3.05, 3.63) is 22.8 Å². The van der Waals surface area contributed by atoms with E-state index in [0.29, 0.717) is 22.5 Å². The van der Waals surface area contributed by atoms with Crippen LogP contribution in [0.4, 0.5) is 5.82 Å². The fraction of sp³-hybridized carbons (Fsp3) is 0.625. The number of nitrogens with zero attached hydrogens (tertiary/aromatic N) is 2. The molecule has 1 fully saturated rings. The van der Waals surface area contributed by atoms with E-state index in [1.807, 2.05) is 11.0 Å². The van der Waals surface area contributed by atoms with Crippen molar-refractivity contribution in [1.82, 2.24) is 9.88 Å². The van der Waals surface area contributed by atoms with Gasteiger partial charge in [0.05, 0.1) is 5.02 Å². The Morgan fingerprint density at radius 3 is 2.95 bits per heavy atom. The molecule has 2 heterocycles. The van der Waals surface area contributed by atoms with Crippen molar-refractivity contribution in [2.24, 2.45) is 5.92 Å². The van der Waals surface area contributed by atoms with Crippen LogP contribution in [-0.2, 0) is 0 Å². The van der Waals surface area contributed by atoms with Gasteiger partial charge in [0, 0.05) is 19.6 Å². The third-order valence-electron chi connectivity index (χ3n) is 3.87. The van der Waals surface area contributed by atoms with E-state index in [2.05, 4.69) is 24.1 Å². The summed E-state index contributed by atoms with van der Waals surface area (Å²) in [5.74, 6) is 1.30. The molecule has 0 aliphatic carbocycles. The second kappa shape index (κ2) is 7.64. The number of aromatic nitrogens is 1. The van der Waals surface area contributed by atoms with Crippen LogP contribution in [0.15, 0.2) is 12.1 Å². The van der Waals surface area contributed by atoms with Crippen LogP contribution < -0.4 is 5.32 Å². The maximum atomic E-state index is 12.6. The first-order chi connectivity index (χ1) is 10.2. The van der Waals surface area contributed by atoms with Crippen LogP contribution in [0.2, 0.25) is 5.02 Å². The zero-order valence-corrected chi connectivity index (χ0v) is 13.6. The largest absolute Gasteiger partial charge is 0.370 e. The summed E-state index contributed by atoms with van der Waals surface area (Å²) in [6, 6.07) is 3.57. The van der Waals surface area contributed by atoms with Gasteiger partial charge in [0.2, 0.25) is 0 Å². The second-order valence-electron chi connectivity index (χ2n) is 5.65. The second-order valence-corrected chi connectivity index (χ2v) is 6.06. The van der Waals surface area contributed by atoms with Gasteiger partial charge in [-0.3, -0.25) is 4.79 Å². The van der Waals surface area contributed by atoms with E-state index in [0.717, 1.165) is 32.5 Å². The summed E-state index contributed by atoms with van der Waals surface area (Å²) in [7, 11) is 0. The number of halogens is 1. The van der Waals surface area contributed by atoms with Crippen molar-refractivity contribution < 1.29 is 4.79 Å². The third-order valence-corrected chi connectivity index (χ3v) is 4.18. The molecule has 5 heteroatoms. The van der Waals surface area contributed by atoms with E-state index in [-0.39, 0.29) is 5.91 Å². The predicted molar refractivity (Wildman–Crippen MR) is 86.9 cm³/mol. The zero-order valence-electron chi connectivity index (χ0n) is 12.9. The molecule has 1 N–H and O–H groups in total. The summed E-state index contributed by atoms with van der Waals surface area (Å²) >= 11 is 6.16. The molecule has 0 aromatic carbocycles. The first kappa shape index (κ1) is 16.1. The summed E-state index contributed by atoms with van der Waals surface area (Å²) < 4.78 is 0. The van der Waals surface area contributed by atoms with Crippen molar-refractivity contribution in [3.63, 3.8) is 0 Å². The van der Waals surface area contributed by atoms with Crippen LogP contribution in [0.3, 0.4) is 0 Å². The van der Waals surface area contributed by atoms with Crippen LogP contribution in [0.1, 0.15) is 50.0 Å². The van der Waals surface area contributed by atoms with Crippen molar-refractivity contribution in [2.45, 2.75) is 39.5 Å². The smallest absolute Gasteiger partial charge is 0.274 e. The molecule has 0 spiro atoms. The topological polar surface area (TPSA) is 45.2 Å². The van der Waals surface area contributed by atoms with Crippen LogP contribution >= 0.6 is 11.6 Å². The van der Waals surface area contributed by atoms with E-state index < -0.39 is 0 Å². The van der Waals surface area contributed by atoms with Gasteiger partial charge in [0.25, 0.3) is 5.91 Å². The molecule has 1 unspecified atom stereocenters. The Morgan fingerprint density at radius 2 is 2.24 bits per heavy atom. The van der Waals surface area contributed by atoms with E-state index in [4.69, 9.17) is 11.6 Å². The van der Waals surface area contributed by atoms with Gasteiger partial charge < -0.3 is 10.2 Å². The third kappa shape index (κ3) is 4.10. The molecule has 0 radical (unpaired) electrons. The number of amides is 1. The molecule has 0 bridgehead atoms. The van der Waals surface area contributed by atoms with Gasteiger partial charge in [-0.05, 0) is 37.3 Å². The molecule has 1 aliphatic rings. The molecule has 1 aromatic heterocycles. The predicted octanol–water partition coefficient (Wildman–Crippen LogP) is 3.82. The standard InChI is InChI=1S/C16H24ClN3O/c1-3-5-12-8-10-20(11-12)16(21)15-13(17)6-7-14(19-15)18-9-4-2/h6-7,12H,3-5,8-11H2,1-2H3,(H,18,19). The van der Waals surface area contributed by atoms with Gasteiger partial charge in [-0.1, -0.05) is 31.9 Å². The lowest BCUT2D eigenvalue weighted by Crippen LogP contribution is -2.30. The Hall–Kier alpha value is -1.29. The minimum absolute atomic E-state index is 0.0428. The van der Waals surface area contributed by atoms with Gasteiger partial charge in [-0.25, -0.2) is 4.98 Å². The molecule has 21 heavy (non-hydrogen) atoms. The average Bonchev–Trinajstić information content (AvgIpc) is 2.95. The number of anilines is 1. The molecule has 4 nitrogen and oxygen atoms in total. The monoisotopic (exact) mass is 309 g/mol. The van der Waals surface area contributed by atoms with E-state index in [1.54, 1.807) is 6.07 Å². The Balaban J connectivity index is 2.08. The van der Waals surface area contributed by atoms with Crippen molar-refractivity contribution in [3.8, 4) is 0 Å². The van der Waals surface area contributed by atoms with Gasteiger partial charge in [0.15, 0.2) is 0 Å². The highest BCUT2D eigenvalue weighted by atomic mass is 35.5. The Bertz CT molecular complexity index is 492. The van der Waals surface area contributed by atoms with Crippen molar-refractivity contribution in [1.29, 1.82) is 0 Å². The molecule has 1 atom stereocenters. The van der Waals surface area contributed by atoms with E-state index in [9.17, 15) is 4.79 Å². The number of carbonyl (C=O) groups excluding carboxylic acids is 1. The minimum Gasteiger partial charge on any atom is -0.370 e. The van der Waals surface area contributed by atoms with Crippen LogP contribution in [0, 0.1) is 5.92 Å². The average molecular weight is 310 g/mol. The Kier molecular flexibility index (Phi) is 5.85. The van der Waals surface area contributed by atoms with Gasteiger partial charge >= 0.3 is 0 Å². The van der Waals surface area contributed by atoms with Gasteiger partial charge in [0.1, 0.15) is 11.5 Å². The molecular formula is C16H24ClN3O. The molecule has 0 saturated carbocycles. The normalized spacial score (nSPS) is 18.0. The summed E-state index contributed by atoms with van der Waals surface area (Å²) in [5, 5.41) is 3.63. The Labute approximate surface area is 131 Å². The number of nitrogens with one attached hydrogen (secondary N) is 1. The van der Waals surface area contributed by atoms with E-state index >= 15 is 0 Å². The maximum Gasteiger partial charge on any atom is 0.274 e. The lowest BCUT2D eigenvalue weighted by molar-refractivity contribution is 0.0781. The molecule has 1 aromatic rings. The number of carbonyl (C=O) groups is 1. The first-order valence-electron chi connectivity index (χ1n) is 7.85. The molecule has 1 aliphatic heterocycles. The number of hydrogen-bond donors (Lipinski definition) is 1. The fourth-order valence-electron chi connectivity index (χ4n) is 2.75.